The number of hydrogen-bond donors (Lipinski definition) is 2. The van der Waals surface area contributed by atoms with Crippen LogP contribution < -0.4 is 10.2 Å². The molecule has 2 unspecified atom stereocenters. The lowest BCUT2D eigenvalue weighted by Gasteiger charge is -2.27. The lowest BCUT2D eigenvalue weighted by atomic mass is 9.87. The number of carbonyl (C=O) groups excluding carboxylic acids is 1. The Bertz CT molecular complexity index is 1240. The summed E-state index contributed by atoms with van der Waals surface area (Å²) < 4.78 is 23.4. The summed E-state index contributed by atoms with van der Waals surface area (Å²) in [5.41, 5.74) is 1.27. The Labute approximate surface area is 204 Å². The maximum atomic E-state index is 14.4. The Kier molecular flexibility index (Phi) is 5.94. The van der Waals surface area contributed by atoms with E-state index in [1.54, 1.807) is 21.6 Å². The van der Waals surface area contributed by atoms with Gasteiger partial charge in [0.15, 0.2) is 11.6 Å². The van der Waals surface area contributed by atoms with Crippen molar-refractivity contribution in [3.8, 4) is 0 Å². The molecule has 2 saturated heterocycles. The van der Waals surface area contributed by atoms with Crippen molar-refractivity contribution in [3.05, 3.63) is 35.9 Å². The maximum absolute atomic E-state index is 14.4. The summed E-state index contributed by atoms with van der Waals surface area (Å²) in [6, 6.07) is 2.32. The van der Waals surface area contributed by atoms with Gasteiger partial charge in [-0.25, -0.2) is 13.9 Å². The molecule has 35 heavy (non-hydrogen) atoms. The van der Waals surface area contributed by atoms with E-state index in [1.165, 1.54) is 6.20 Å². The van der Waals surface area contributed by atoms with E-state index in [1.807, 2.05) is 6.07 Å². The molecule has 2 aliphatic heterocycles. The largest absolute Gasteiger partial charge is 0.396 e. The molecule has 2 N–H and O–H groups in total. The van der Waals surface area contributed by atoms with Gasteiger partial charge in [-0.15, -0.1) is 0 Å². The highest BCUT2D eigenvalue weighted by Gasteiger charge is 2.39. The molecule has 0 spiro atoms. The van der Waals surface area contributed by atoms with Crippen LogP contribution in [-0.2, 0) is 4.74 Å². The van der Waals surface area contributed by atoms with Gasteiger partial charge in [0, 0.05) is 25.5 Å². The molecule has 10 nitrogen and oxygen atoms in total. The zero-order chi connectivity index (χ0) is 24.1. The topological polar surface area (TPSA) is 110 Å². The number of carbonyl (C=O) groups is 1. The monoisotopic (exact) mass is 501 g/mol. The second kappa shape index (κ2) is 9.11. The van der Waals surface area contributed by atoms with Gasteiger partial charge in [-0.2, -0.15) is 10.2 Å². The number of nitrogens with zero attached hydrogens (tertiary/aromatic N) is 6. The number of fused-ring (bicyclic) bond motifs is 3. The van der Waals surface area contributed by atoms with Crippen LogP contribution in [0.25, 0.3) is 5.65 Å². The van der Waals surface area contributed by atoms with Crippen LogP contribution in [0.1, 0.15) is 60.1 Å². The van der Waals surface area contributed by atoms with Crippen molar-refractivity contribution in [1.82, 2.24) is 24.4 Å². The third kappa shape index (κ3) is 4.19. The first-order chi connectivity index (χ1) is 17.0. The first-order valence-electron chi connectivity index (χ1n) is 12.1. The number of hydrogen-bond acceptors (Lipinski definition) is 7. The van der Waals surface area contributed by atoms with E-state index in [2.05, 4.69) is 29.7 Å². The molecular weight excluding hydrogens is 472 g/mol. The molecule has 2 bridgehead atoms. The summed E-state index contributed by atoms with van der Waals surface area (Å²) in [6.07, 6.45) is 9.74. The van der Waals surface area contributed by atoms with Crippen molar-refractivity contribution >= 4 is 32.3 Å². The number of morpholine rings is 1. The number of aromatic nitrogens is 5. The SMILES string of the molecule is O=C(Nc1cn(C2CCC(CO)CC2)nc1C(F)P)c1cnn2ccc(N3C[C@H]4C[C@@H]3CO4)nc12. The molecule has 0 aromatic carbocycles. The van der Waals surface area contributed by atoms with Crippen LogP contribution in [0.15, 0.2) is 24.7 Å². The molecule has 5 heterocycles. The van der Waals surface area contributed by atoms with Gasteiger partial charge in [0.1, 0.15) is 17.1 Å². The Morgan fingerprint density at radius 2 is 2.14 bits per heavy atom. The zero-order valence-corrected chi connectivity index (χ0v) is 20.4. The van der Waals surface area contributed by atoms with Gasteiger partial charge in [-0.05, 0) is 44.1 Å². The molecule has 1 aliphatic carbocycles. The number of alkyl halides is 1. The summed E-state index contributed by atoms with van der Waals surface area (Å²) in [5, 5.41) is 21.0. The van der Waals surface area contributed by atoms with E-state index in [0.29, 0.717) is 35.5 Å². The van der Waals surface area contributed by atoms with Crippen LogP contribution >= 0.6 is 9.24 Å². The summed E-state index contributed by atoms with van der Waals surface area (Å²) in [5.74, 6) is -0.718. The van der Waals surface area contributed by atoms with Gasteiger partial charge in [-0.1, -0.05) is 9.24 Å². The quantitative estimate of drug-likeness (QED) is 0.500. The van der Waals surface area contributed by atoms with Crippen molar-refractivity contribution < 1.29 is 19.0 Å². The summed E-state index contributed by atoms with van der Waals surface area (Å²) in [6.45, 7) is 1.68. The second-order valence-corrected chi connectivity index (χ2v) is 10.3. The number of anilines is 2. The minimum absolute atomic E-state index is 0.118. The number of ether oxygens (including phenoxy) is 1. The second-order valence-electron chi connectivity index (χ2n) is 9.73. The van der Waals surface area contributed by atoms with Gasteiger partial charge >= 0.3 is 0 Å². The Morgan fingerprint density at radius 3 is 2.83 bits per heavy atom. The third-order valence-corrected chi connectivity index (χ3v) is 7.83. The lowest BCUT2D eigenvalue weighted by molar-refractivity contribution is 0.0988. The number of aliphatic hydroxyl groups is 1. The zero-order valence-electron chi connectivity index (χ0n) is 19.3. The molecule has 3 fully saturated rings. The molecule has 4 atom stereocenters. The van der Waals surface area contributed by atoms with Crippen LogP contribution in [0.2, 0.25) is 0 Å². The Morgan fingerprint density at radius 1 is 1.31 bits per heavy atom. The van der Waals surface area contributed by atoms with Crippen molar-refractivity contribution in [2.24, 2.45) is 5.92 Å². The highest BCUT2D eigenvalue weighted by molar-refractivity contribution is 7.16. The predicted octanol–water partition coefficient (Wildman–Crippen LogP) is 2.72. The average Bonchev–Trinajstić information content (AvgIpc) is 3.66. The van der Waals surface area contributed by atoms with Gasteiger partial charge in [0.25, 0.3) is 5.91 Å². The van der Waals surface area contributed by atoms with Crippen LogP contribution in [0.4, 0.5) is 15.9 Å². The summed E-state index contributed by atoms with van der Waals surface area (Å²) in [4.78, 5) is 20.2. The fourth-order valence-electron chi connectivity index (χ4n) is 5.53. The van der Waals surface area contributed by atoms with Crippen molar-refractivity contribution in [3.63, 3.8) is 0 Å². The van der Waals surface area contributed by atoms with Crippen molar-refractivity contribution in [1.29, 1.82) is 0 Å². The van der Waals surface area contributed by atoms with Gasteiger partial charge in [0.2, 0.25) is 0 Å². The number of rotatable bonds is 6. The minimum atomic E-state index is -1.42. The molecule has 3 aromatic rings. The highest BCUT2D eigenvalue weighted by atomic mass is 31.0. The van der Waals surface area contributed by atoms with Crippen LogP contribution in [0.3, 0.4) is 0 Å². The number of halogens is 1. The van der Waals surface area contributed by atoms with Crippen LogP contribution in [0, 0.1) is 5.92 Å². The van der Waals surface area contributed by atoms with Gasteiger partial charge in [-0.3, -0.25) is 9.48 Å². The van der Waals surface area contributed by atoms with E-state index in [0.717, 1.165) is 44.5 Å². The normalized spacial score (nSPS) is 27.0. The first kappa shape index (κ1) is 22.8. The predicted molar refractivity (Wildman–Crippen MR) is 130 cm³/mol. The molecule has 12 heteroatoms. The standard InChI is InChI=1S/C23H29FN7O3P/c24-21(35)20-18(10-31(28-20)14-3-1-13(11-32)2-4-14)26-23(33)17-8-25-30-6-5-19(27-22(17)30)29-9-16-7-15(29)12-34-16/h5-6,8,10,13-16,21,32H,1-4,7,9,11-12,35H2,(H,26,33)/t13?,14?,15-,16-,21?/m1/s1. The molecule has 6 rings (SSSR count). The van der Waals surface area contributed by atoms with Crippen LogP contribution in [-0.4, -0.2) is 67.3 Å². The van der Waals surface area contributed by atoms with Gasteiger partial charge < -0.3 is 20.1 Å². The first-order valence-corrected chi connectivity index (χ1v) is 12.8. The third-order valence-electron chi connectivity index (χ3n) is 7.51. The molecular formula is C23H29FN7O3P. The molecule has 0 radical (unpaired) electrons. The fraction of sp³-hybridized carbons (Fsp3) is 0.565. The number of amides is 1. The fourth-order valence-corrected chi connectivity index (χ4v) is 5.78. The molecule has 1 amide bonds. The van der Waals surface area contributed by atoms with Crippen LogP contribution in [0.5, 0.6) is 0 Å². The lowest BCUT2D eigenvalue weighted by Crippen LogP contribution is -2.37. The summed E-state index contributed by atoms with van der Waals surface area (Å²) in [7, 11) is 2.10. The molecule has 186 valence electrons. The van der Waals surface area contributed by atoms with E-state index in [9.17, 15) is 14.3 Å². The van der Waals surface area contributed by atoms with Crippen molar-refractivity contribution in [2.75, 3.05) is 30.0 Å². The number of aliphatic hydroxyl groups excluding tert-OH is 1. The smallest absolute Gasteiger partial charge is 0.261 e. The Hall–Kier alpha value is -2.62. The number of nitrogens with one attached hydrogen (secondary N) is 1. The average molecular weight is 502 g/mol. The highest BCUT2D eigenvalue weighted by Crippen LogP contribution is 2.36. The Balaban J connectivity index is 1.24. The van der Waals surface area contributed by atoms with E-state index >= 15 is 0 Å². The van der Waals surface area contributed by atoms with Gasteiger partial charge in [0.05, 0.1) is 36.7 Å². The molecule has 3 aliphatic rings. The van der Waals surface area contributed by atoms with E-state index in [4.69, 9.17) is 9.72 Å². The molecule has 3 aromatic heterocycles. The van der Waals surface area contributed by atoms with E-state index < -0.39 is 11.8 Å². The molecule has 1 saturated carbocycles. The van der Waals surface area contributed by atoms with Crippen molar-refractivity contribution in [2.45, 2.75) is 56.2 Å². The maximum Gasteiger partial charge on any atom is 0.261 e. The minimum Gasteiger partial charge on any atom is -0.396 e. The van der Waals surface area contributed by atoms with E-state index in [-0.39, 0.29) is 24.4 Å². The summed E-state index contributed by atoms with van der Waals surface area (Å²) >= 11 is 0.